The second-order valence-corrected chi connectivity index (χ2v) is 4.00. The third-order valence-corrected chi connectivity index (χ3v) is 2.20. The average Bonchev–Trinajstić information content (AvgIpc) is 2.38. The zero-order chi connectivity index (χ0) is 15.9. The molecule has 1 aromatic rings. The van der Waals surface area contributed by atoms with Crippen molar-refractivity contribution in [3.05, 3.63) is 24.0 Å². The number of hydrogen-bond acceptors (Lipinski definition) is 3. The number of amides is 2. The van der Waals surface area contributed by atoms with Gasteiger partial charge in [0.2, 0.25) is 0 Å². The minimum absolute atomic E-state index is 0.0952. The van der Waals surface area contributed by atoms with Crippen LogP contribution in [0.4, 0.5) is 28.0 Å². The van der Waals surface area contributed by atoms with Crippen LogP contribution in [0.3, 0.4) is 0 Å². The Kier molecular flexibility index (Phi) is 6.22. The molecule has 21 heavy (non-hydrogen) atoms. The summed E-state index contributed by atoms with van der Waals surface area (Å²) in [5, 5.41) is 13.2. The molecule has 0 radical (unpaired) electrons. The van der Waals surface area contributed by atoms with Gasteiger partial charge in [0.1, 0.15) is 11.6 Å². The predicted octanol–water partition coefficient (Wildman–Crippen LogP) is 2.27. The second kappa shape index (κ2) is 7.67. The van der Waals surface area contributed by atoms with Crippen molar-refractivity contribution in [2.24, 2.45) is 0 Å². The molecule has 0 heterocycles. The zero-order valence-corrected chi connectivity index (χ0v) is 10.8. The van der Waals surface area contributed by atoms with E-state index in [2.05, 4.69) is 15.4 Å². The minimum Gasteiger partial charge on any atom is -0.482 e. The van der Waals surface area contributed by atoms with Crippen molar-refractivity contribution >= 4 is 11.7 Å². The maximum atomic E-state index is 13.0. The van der Waals surface area contributed by atoms with Crippen LogP contribution in [0.5, 0.6) is 5.75 Å². The number of ether oxygens (including phenoxy) is 1. The summed E-state index contributed by atoms with van der Waals surface area (Å²) in [6.45, 7) is -1.53. The van der Waals surface area contributed by atoms with Gasteiger partial charge in [0.15, 0.2) is 6.61 Å². The maximum absolute atomic E-state index is 13.0. The first-order chi connectivity index (χ1) is 9.81. The normalized spacial score (nSPS) is 11.1. The Hall–Kier alpha value is -2.03. The lowest BCUT2D eigenvalue weighted by molar-refractivity contribution is -0.153. The van der Waals surface area contributed by atoms with E-state index in [0.29, 0.717) is 6.42 Å². The smallest absolute Gasteiger partial charge is 0.422 e. The molecule has 1 aromatic carbocycles. The van der Waals surface area contributed by atoms with E-state index in [0.717, 1.165) is 18.2 Å². The van der Waals surface area contributed by atoms with Crippen molar-refractivity contribution in [2.45, 2.75) is 12.6 Å². The molecule has 0 unspecified atom stereocenters. The molecule has 0 fully saturated rings. The summed E-state index contributed by atoms with van der Waals surface area (Å²) in [6, 6.07) is 2.11. The van der Waals surface area contributed by atoms with Crippen molar-refractivity contribution < 1.29 is 32.2 Å². The Labute approximate surface area is 117 Å². The van der Waals surface area contributed by atoms with Crippen LogP contribution in [0, 0.1) is 5.82 Å². The largest absolute Gasteiger partial charge is 0.482 e. The van der Waals surface area contributed by atoms with Crippen LogP contribution < -0.4 is 15.4 Å². The summed E-state index contributed by atoms with van der Waals surface area (Å²) in [7, 11) is 0. The number of hydrogen-bond donors (Lipinski definition) is 3. The standard InChI is InChI=1S/C12H14F4N2O3/c13-8-2-3-9(18-11(20)17-4-1-5-19)10(6-8)21-7-12(14,15)16/h2-3,6,19H,1,4-5,7H2,(H2,17,18,20). The van der Waals surface area contributed by atoms with Crippen molar-refractivity contribution in [3.63, 3.8) is 0 Å². The molecule has 0 bridgehead atoms. The predicted molar refractivity (Wildman–Crippen MR) is 66.7 cm³/mol. The summed E-state index contributed by atoms with van der Waals surface area (Å²) in [6.07, 6.45) is -4.25. The zero-order valence-electron chi connectivity index (χ0n) is 10.8. The van der Waals surface area contributed by atoms with Gasteiger partial charge in [0, 0.05) is 19.2 Å². The van der Waals surface area contributed by atoms with E-state index in [1.807, 2.05) is 0 Å². The van der Waals surface area contributed by atoms with E-state index in [9.17, 15) is 22.4 Å². The number of nitrogens with one attached hydrogen (secondary N) is 2. The number of alkyl halides is 3. The summed E-state index contributed by atoms with van der Waals surface area (Å²) < 4.78 is 53.8. The fraction of sp³-hybridized carbons (Fsp3) is 0.417. The van der Waals surface area contributed by atoms with Gasteiger partial charge < -0.3 is 20.5 Å². The van der Waals surface area contributed by atoms with Crippen LogP contribution in [-0.4, -0.2) is 37.1 Å². The fourth-order valence-electron chi connectivity index (χ4n) is 1.33. The van der Waals surface area contributed by atoms with Crippen molar-refractivity contribution in [1.82, 2.24) is 5.32 Å². The Morgan fingerprint density at radius 1 is 1.33 bits per heavy atom. The quantitative estimate of drug-likeness (QED) is 0.557. The Bertz CT molecular complexity index is 480. The summed E-state index contributed by atoms with van der Waals surface area (Å²) in [5.41, 5.74) is -0.0952. The number of benzene rings is 1. The molecule has 0 atom stereocenters. The topological polar surface area (TPSA) is 70.6 Å². The third kappa shape index (κ3) is 6.80. The van der Waals surface area contributed by atoms with Crippen LogP contribution in [-0.2, 0) is 0 Å². The lowest BCUT2D eigenvalue weighted by Gasteiger charge is -2.14. The molecule has 0 aromatic heterocycles. The highest BCUT2D eigenvalue weighted by atomic mass is 19.4. The number of aliphatic hydroxyl groups is 1. The summed E-state index contributed by atoms with van der Waals surface area (Å²) >= 11 is 0. The fourth-order valence-corrected chi connectivity index (χ4v) is 1.33. The molecule has 0 saturated carbocycles. The van der Waals surface area contributed by atoms with Gasteiger partial charge in [-0.05, 0) is 18.6 Å². The van der Waals surface area contributed by atoms with Crippen molar-refractivity contribution in [3.8, 4) is 5.75 Å². The molecule has 3 N–H and O–H groups in total. The lowest BCUT2D eigenvalue weighted by Crippen LogP contribution is -2.30. The van der Waals surface area contributed by atoms with E-state index in [4.69, 9.17) is 5.11 Å². The number of anilines is 1. The van der Waals surface area contributed by atoms with Crippen molar-refractivity contribution in [2.75, 3.05) is 25.1 Å². The molecular weight excluding hydrogens is 296 g/mol. The highest BCUT2D eigenvalue weighted by Crippen LogP contribution is 2.27. The molecule has 2 amide bonds. The van der Waals surface area contributed by atoms with Crippen LogP contribution in [0.1, 0.15) is 6.42 Å². The molecular formula is C12H14F4N2O3. The lowest BCUT2D eigenvalue weighted by atomic mass is 10.3. The molecule has 1 rings (SSSR count). The van der Waals surface area contributed by atoms with Crippen LogP contribution in [0.2, 0.25) is 0 Å². The maximum Gasteiger partial charge on any atom is 0.422 e. The van der Waals surface area contributed by atoms with Crippen LogP contribution in [0.15, 0.2) is 18.2 Å². The highest BCUT2D eigenvalue weighted by molar-refractivity contribution is 5.90. The number of halogens is 4. The Morgan fingerprint density at radius 3 is 2.67 bits per heavy atom. The molecule has 0 spiro atoms. The van der Waals surface area contributed by atoms with Gasteiger partial charge in [-0.25, -0.2) is 9.18 Å². The molecule has 5 nitrogen and oxygen atoms in total. The first kappa shape index (κ1) is 17.0. The van der Waals surface area contributed by atoms with E-state index in [1.54, 1.807) is 0 Å². The molecule has 9 heteroatoms. The molecule has 0 aliphatic heterocycles. The Balaban J connectivity index is 2.70. The number of aliphatic hydroxyl groups excluding tert-OH is 1. The van der Waals surface area contributed by atoms with Crippen LogP contribution in [0.25, 0.3) is 0 Å². The van der Waals surface area contributed by atoms with Gasteiger partial charge in [0.25, 0.3) is 0 Å². The summed E-state index contributed by atoms with van der Waals surface area (Å²) in [4.78, 5) is 11.5. The first-order valence-corrected chi connectivity index (χ1v) is 5.96. The van der Waals surface area contributed by atoms with E-state index < -0.39 is 30.4 Å². The molecule has 0 aliphatic carbocycles. The van der Waals surface area contributed by atoms with Gasteiger partial charge in [-0.1, -0.05) is 0 Å². The Morgan fingerprint density at radius 2 is 2.05 bits per heavy atom. The van der Waals surface area contributed by atoms with Crippen LogP contribution >= 0.6 is 0 Å². The molecule has 0 aliphatic rings. The van der Waals surface area contributed by atoms with Gasteiger partial charge >= 0.3 is 12.2 Å². The average molecular weight is 310 g/mol. The first-order valence-electron chi connectivity index (χ1n) is 5.96. The third-order valence-electron chi connectivity index (χ3n) is 2.20. The second-order valence-electron chi connectivity index (χ2n) is 4.00. The van der Waals surface area contributed by atoms with E-state index >= 15 is 0 Å². The van der Waals surface area contributed by atoms with E-state index in [-0.39, 0.29) is 18.8 Å². The van der Waals surface area contributed by atoms with E-state index in [1.165, 1.54) is 0 Å². The number of rotatable bonds is 6. The number of carbonyl (C=O) groups excluding carboxylic acids is 1. The van der Waals surface area contributed by atoms with Gasteiger partial charge in [-0.3, -0.25) is 0 Å². The SMILES string of the molecule is O=C(NCCCO)Nc1ccc(F)cc1OCC(F)(F)F. The van der Waals surface area contributed by atoms with Gasteiger partial charge in [-0.2, -0.15) is 13.2 Å². The van der Waals surface area contributed by atoms with Gasteiger partial charge in [0.05, 0.1) is 5.69 Å². The monoisotopic (exact) mass is 310 g/mol. The highest BCUT2D eigenvalue weighted by Gasteiger charge is 2.29. The number of carbonyl (C=O) groups is 1. The van der Waals surface area contributed by atoms with Gasteiger partial charge in [-0.15, -0.1) is 0 Å². The molecule has 0 saturated heterocycles. The number of urea groups is 1. The minimum atomic E-state index is -4.58. The summed E-state index contributed by atoms with van der Waals surface area (Å²) in [5.74, 6) is -1.22. The van der Waals surface area contributed by atoms with Crippen molar-refractivity contribution in [1.29, 1.82) is 0 Å². The molecule has 118 valence electrons.